The van der Waals surface area contributed by atoms with Gasteiger partial charge in [0.05, 0.1) is 5.69 Å². The summed E-state index contributed by atoms with van der Waals surface area (Å²) in [4.78, 5) is 3.62. The molecule has 2 rings (SSSR count). The maximum atomic E-state index is 13.9. The molecule has 112 valence electrons. The molecule has 1 aromatic carbocycles. The highest BCUT2D eigenvalue weighted by Crippen LogP contribution is 2.21. The third kappa shape index (κ3) is 3.58. The summed E-state index contributed by atoms with van der Waals surface area (Å²) in [5.41, 5.74) is 6.52. The number of nitrogens with zero attached hydrogens (tertiary/aromatic N) is 1. The second-order valence-electron chi connectivity index (χ2n) is 4.34. The Labute approximate surface area is 130 Å². The van der Waals surface area contributed by atoms with Gasteiger partial charge in [0.2, 0.25) is 0 Å². The van der Waals surface area contributed by atoms with Crippen LogP contribution in [-0.4, -0.2) is 13.4 Å². The van der Waals surface area contributed by atoms with Crippen LogP contribution in [0, 0.1) is 12.7 Å². The highest BCUT2D eigenvalue weighted by Gasteiger charge is 2.20. The summed E-state index contributed by atoms with van der Waals surface area (Å²) in [5, 5.41) is 0. The standard InChI is InChI=1S/C13H13BrFN3O2S/c1-8-10(14)3-5-13(17-8)18-21(19,20)12-4-2-9(7-16)6-11(12)15/h2-6H,7,16H2,1H3,(H,17,18). The Balaban J connectivity index is 2.36. The maximum Gasteiger partial charge on any atom is 0.265 e. The van der Waals surface area contributed by atoms with Crippen LogP contribution in [0.4, 0.5) is 10.2 Å². The van der Waals surface area contributed by atoms with Gasteiger partial charge in [0, 0.05) is 11.0 Å². The second kappa shape index (κ2) is 6.08. The Morgan fingerprint density at radius 2 is 2.05 bits per heavy atom. The number of hydrogen-bond acceptors (Lipinski definition) is 4. The van der Waals surface area contributed by atoms with Crippen molar-refractivity contribution in [1.82, 2.24) is 4.98 Å². The van der Waals surface area contributed by atoms with Crippen LogP contribution in [0.15, 0.2) is 39.7 Å². The van der Waals surface area contributed by atoms with Gasteiger partial charge in [0.1, 0.15) is 16.5 Å². The van der Waals surface area contributed by atoms with Crippen molar-refractivity contribution in [3.8, 4) is 0 Å². The minimum atomic E-state index is -4.04. The number of nitrogens with two attached hydrogens (primary N) is 1. The first-order valence-electron chi connectivity index (χ1n) is 5.98. The van der Waals surface area contributed by atoms with Crippen LogP contribution in [0.1, 0.15) is 11.3 Å². The summed E-state index contributed by atoms with van der Waals surface area (Å²) >= 11 is 3.27. The van der Waals surface area contributed by atoms with Crippen LogP contribution in [0.25, 0.3) is 0 Å². The fourth-order valence-corrected chi connectivity index (χ4v) is 2.97. The number of aryl methyl sites for hydroxylation is 1. The van der Waals surface area contributed by atoms with Crippen LogP contribution in [0.2, 0.25) is 0 Å². The van der Waals surface area contributed by atoms with E-state index in [-0.39, 0.29) is 12.4 Å². The van der Waals surface area contributed by atoms with Crippen LogP contribution >= 0.6 is 15.9 Å². The molecular formula is C13H13BrFN3O2S. The van der Waals surface area contributed by atoms with Gasteiger partial charge >= 0.3 is 0 Å². The van der Waals surface area contributed by atoms with E-state index in [9.17, 15) is 12.8 Å². The number of sulfonamides is 1. The van der Waals surface area contributed by atoms with Gasteiger partial charge in [-0.1, -0.05) is 6.07 Å². The molecule has 0 radical (unpaired) electrons. The van der Waals surface area contributed by atoms with Gasteiger partial charge in [-0.2, -0.15) is 0 Å². The molecule has 0 saturated heterocycles. The lowest BCUT2D eigenvalue weighted by Gasteiger charge is -2.10. The molecule has 0 unspecified atom stereocenters. The minimum absolute atomic E-state index is 0.123. The predicted octanol–water partition coefficient (Wildman–Crippen LogP) is 2.55. The SMILES string of the molecule is Cc1nc(NS(=O)(=O)c2ccc(CN)cc2F)ccc1Br. The maximum absolute atomic E-state index is 13.9. The zero-order valence-electron chi connectivity index (χ0n) is 11.1. The highest BCUT2D eigenvalue weighted by molar-refractivity contribution is 9.10. The zero-order chi connectivity index (χ0) is 15.6. The van der Waals surface area contributed by atoms with E-state index in [0.717, 1.165) is 10.5 Å². The third-order valence-electron chi connectivity index (χ3n) is 2.78. The van der Waals surface area contributed by atoms with Crippen molar-refractivity contribution in [2.45, 2.75) is 18.4 Å². The molecule has 0 aliphatic rings. The summed E-state index contributed by atoms with van der Waals surface area (Å²) < 4.78 is 41.2. The molecule has 2 aromatic rings. The summed E-state index contributed by atoms with van der Waals surface area (Å²) in [6.07, 6.45) is 0. The Morgan fingerprint density at radius 1 is 1.33 bits per heavy atom. The first-order valence-corrected chi connectivity index (χ1v) is 8.25. The van der Waals surface area contributed by atoms with E-state index in [1.165, 1.54) is 18.2 Å². The normalized spacial score (nSPS) is 11.4. The van der Waals surface area contributed by atoms with Gasteiger partial charge in [-0.05, 0) is 52.7 Å². The van der Waals surface area contributed by atoms with Gasteiger partial charge in [-0.15, -0.1) is 0 Å². The summed E-state index contributed by atoms with van der Waals surface area (Å²) in [6.45, 7) is 1.86. The number of nitrogens with one attached hydrogen (secondary N) is 1. The lowest BCUT2D eigenvalue weighted by atomic mass is 10.2. The number of benzene rings is 1. The van der Waals surface area contributed by atoms with Crippen LogP contribution in [-0.2, 0) is 16.6 Å². The van der Waals surface area contributed by atoms with Gasteiger partial charge in [-0.25, -0.2) is 17.8 Å². The number of halogens is 2. The average Bonchev–Trinajstić information content (AvgIpc) is 2.42. The molecule has 0 aliphatic carbocycles. The molecule has 3 N–H and O–H groups in total. The molecule has 5 nitrogen and oxygen atoms in total. The first-order chi connectivity index (χ1) is 9.83. The molecule has 1 aromatic heterocycles. The fraction of sp³-hybridized carbons (Fsp3) is 0.154. The van der Waals surface area contributed by atoms with Gasteiger partial charge in [0.25, 0.3) is 10.0 Å². The van der Waals surface area contributed by atoms with E-state index in [0.29, 0.717) is 11.3 Å². The summed E-state index contributed by atoms with van der Waals surface area (Å²) in [5.74, 6) is -0.725. The van der Waals surface area contributed by atoms with E-state index in [1.807, 2.05) is 0 Å². The Bertz CT molecular complexity index is 781. The van der Waals surface area contributed by atoms with E-state index in [2.05, 4.69) is 25.6 Å². The Hall–Kier alpha value is -1.51. The molecule has 0 atom stereocenters. The molecule has 8 heteroatoms. The fourth-order valence-electron chi connectivity index (χ4n) is 1.68. The van der Waals surface area contributed by atoms with Crippen LogP contribution < -0.4 is 10.5 Å². The molecule has 0 bridgehead atoms. The number of anilines is 1. The Kier molecular flexibility index (Phi) is 4.60. The predicted molar refractivity (Wildman–Crippen MR) is 81.8 cm³/mol. The summed E-state index contributed by atoms with van der Waals surface area (Å²) in [7, 11) is -4.04. The van der Waals surface area contributed by atoms with Crippen molar-refractivity contribution in [3.63, 3.8) is 0 Å². The zero-order valence-corrected chi connectivity index (χ0v) is 13.5. The van der Waals surface area contributed by atoms with Gasteiger partial charge in [0.15, 0.2) is 0 Å². The number of hydrogen-bond donors (Lipinski definition) is 2. The number of pyridine rings is 1. The number of aromatic nitrogens is 1. The minimum Gasteiger partial charge on any atom is -0.326 e. The van der Waals surface area contributed by atoms with Crippen molar-refractivity contribution in [1.29, 1.82) is 0 Å². The molecular weight excluding hydrogens is 361 g/mol. The molecule has 0 amide bonds. The smallest absolute Gasteiger partial charge is 0.265 e. The van der Waals surface area contributed by atoms with E-state index >= 15 is 0 Å². The highest BCUT2D eigenvalue weighted by atomic mass is 79.9. The molecule has 0 aliphatic heterocycles. The van der Waals surface area contributed by atoms with Crippen LogP contribution in [0.5, 0.6) is 0 Å². The van der Waals surface area contributed by atoms with E-state index < -0.39 is 20.7 Å². The van der Waals surface area contributed by atoms with Crippen molar-refractivity contribution >= 4 is 31.8 Å². The summed E-state index contributed by atoms with van der Waals surface area (Å²) in [6, 6.07) is 6.91. The van der Waals surface area contributed by atoms with E-state index in [4.69, 9.17) is 5.73 Å². The quantitative estimate of drug-likeness (QED) is 0.862. The van der Waals surface area contributed by atoms with Crippen molar-refractivity contribution in [3.05, 3.63) is 51.9 Å². The largest absolute Gasteiger partial charge is 0.326 e. The molecule has 0 spiro atoms. The van der Waals surface area contributed by atoms with Crippen LogP contribution in [0.3, 0.4) is 0 Å². The monoisotopic (exact) mass is 373 g/mol. The molecule has 0 fully saturated rings. The average molecular weight is 374 g/mol. The van der Waals surface area contributed by atoms with E-state index in [1.54, 1.807) is 13.0 Å². The molecule has 21 heavy (non-hydrogen) atoms. The van der Waals surface area contributed by atoms with Crippen molar-refractivity contribution in [2.24, 2.45) is 5.73 Å². The topological polar surface area (TPSA) is 85.1 Å². The van der Waals surface area contributed by atoms with Crippen molar-refractivity contribution < 1.29 is 12.8 Å². The molecule has 0 saturated carbocycles. The second-order valence-corrected chi connectivity index (χ2v) is 6.84. The first kappa shape index (κ1) is 15.9. The lowest BCUT2D eigenvalue weighted by Crippen LogP contribution is -2.16. The lowest BCUT2D eigenvalue weighted by molar-refractivity contribution is 0.569. The van der Waals surface area contributed by atoms with Crippen molar-refractivity contribution in [2.75, 3.05) is 4.72 Å². The van der Waals surface area contributed by atoms with Gasteiger partial charge in [-0.3, -0.25) is 4.72 Å². The molecule has 1 heterocycles. The number of rotatable bonds is 4. The Morgan fingerprint density at radius 3 is 2.62 bits per heavy atom. The van der Waals surface area contributed by atoms with Gasteiger partial charge < -0.3 is 5.73 Å². The third-order valence-corrected chi connectivity index (χ3v) is 5.01.